The lowest BCUT2D eigenvalue weighted by Gasteiger charge is -2.37. The van der Waals surface area contributed by atoms with Crippen molar-refractivity contribution in [2.75, 3.05) is 31.2 Å². The van der Waals surface area contributed by atoms with Crippen LogP contribution in [0.4, 0.5) is 5.69 Å². The number of ether oxygens (including phenoxy) is 2. The molecule has 9 heteroatoms. The molecule has 2 amide bonds. The highest BCUT2D eigenvalue weighted by molar-refractivity contribution is 9.09. The Morgan fingerprint density at radius 2 is 2.00 bits per heavy atom. The molecule has 202 valence electrons. The number of unbranched alkanes of at least 4 members (excludes halogenated alkanes) is 2. The molecular formula is C28H37BrN2O6. The summed E-state index contributed by atoms with van der Waals surface area (Å²) in [5.74, 6) is -2.47. The van der Waals surface area contributed by atoms with Crippen molar-refractivity contribution in [2.45, 2.75) is 69.0 Å². The monoisotopic (exact) mass is 576 g/mol. The first-order valence-corrected chi connectivity index (χ1v) is 14.0. The molecule has 0 aliphatic carbocycles. The summed E-state index contributed by atoms with van der Waals surface area (Å²) in [5.41, 5.74) is 1.56. The molecule has 6 atom stereocenters. The Hall–Kier alpha value is -2.23. The van der Waals surface area contributed by atoms with Crippen molar-refractivity contribution in [3.8, 4) is 0 Å². The highest BCUT2D eigenvalue weighted by Gasteiger charge is 2.77. The van der Waals surface area contributed by atoms with Gasteiger partial charge in [0.05, 0.1) is 24.5 Å². The molecule has 8 nitrogen and oxygen atoms in total. The first kappa shape index (κ1) is 27.8. The molecule has 3 saturated heterocycles. The van der Waals surface area contributed by atoms with Crippen LogP contribution in [0.3, 0.4) is 0 Å². The van der Waals surface area contributed by atoms with Crippen LogP contribution in [0.5, 0.6) is 0 Å². The number of anilines is 1. The summed E-state index contributed by atoms with van der Waals surface area (Å²) in [6.07, 6.45) is 3.57. The number of amides is 2. The molecule has 0 radical (unpaired) electrons. The number of hydrogen-bond acceptors (Lipinski definition) is 6. The quantitative estimate of drug-likeness (QED) is 0.188. The zero-order chi connectivity index (χ0) is 26.9. The number of esters is 1. The number of carbonyl (C=O) groups is 3. The van der Waals surface area contributed by atoms with Crippen LogP contribution in [-0.2, 0) is 23.9 Å². The second-order valence-corrected chi connectivity index (χ2v) is 11.4. The molecule has 0 aromatic heterocycles. The van der Waals surface area contributed by atoms with E-state index in [1.807, 2.05) is 32.0 Å². The molecule has 3 fully saturated rings. The van der Waals surface area contributed by atoms with Crippen LogP contribution in [0, 0.1) is 25.7 Å². The van der Waals surface area contributed by atoms with E-state index >= 15 is 0 Å². The largest absolute Gasteiger partial charge is 0.466 e. The van der Waals surface area contributed by atoms with Crippen LogP contribution >= 0.6 is 15.9 Å². The summed E-state index contributed by atoms with van der Waals surface area (Å²) < 4.78 is 11.9. The average molecular weight is 578 g/mol. The van der Waals surface area contributed by atoms with Gasteiger partial charge in [-0.25, -0.2) is 0 Å². The molecule has 3 aliphatic heterocycles. The Labute approximate surface area is 227 Å². The summed E-state index contributed by atoms with van der Waals surface area (Å²) in [6.45, 7) is 10.4. The maximum Gasteiger partial charge on any atom is 0.312 e. The third kappa shape index (κ3) is 4.63. The van der Waals surface area contributed by atoms with Crippen LogP contribution in [0.25, 0.3) is 0 Å². The smallest absolute Gasteiger partial charge is 0.312 e. The lowest BCUT2D eigenvalue weighted by Crippen LogP contribution is -2.57. The maximum atomic E-state index is 14.6. The zero-order valence-electron chi connectivity index (χ0n) is 21.8. The van der Waals surface area contributed by atoms with Gasteiger partial charge in [0, 0.05) is 30.2 Å². The molecular weight excluding hydrogens is 540 g/mol. The van der Waals surface area contributed by atoms with E-state index in [0.717, 1.165) is 23.2 Å². The fourth-order valence-corrected chi connectivity index (χ4v) is 7.47. The number of halogens is 1. The summed E-state index contributed by atoms with van der Waals surface area (Å²) in [6, 6.07) is 4.99. The molecule has 4 rings (SSSR count). The SMILES string of the molecule is C=CCN(C(=O)C1N(CCCCCO)C(=O)[C@@H]2[C@@H](C(=O)OCC)[C@@H]3OC12CC3Br)c1c(C)cccc1C. The zero-order valence-corrected chi connectivity index (χ0v) is 23.4. The third-order valence-corrected chi connectivity index (χ3v) is 8.77. The van der Waals surface area contributed by atoms with E-state index < -0.39 is 35.6 Å². The number of alkyl halides is 1. The lowest BCUT2D eigenvalue weighted by molar-refractivity contribution is -0.154. The summed E-state index contributed by atoms with van der Waals surface area (Å²) in [7, 11) is 0. The number of rotatable bonds is 11. The van der Waals surface area contributed by atoms with Crippen molar-refractivity contribution in [3.05, 3.63) is 42.0 Å². The van der Waals surface area contributed by atoms with E-state index in [-0.39, 0.29) is 36.4 Å². The number of likely N-dealkylation sites (tertiary alicyclic amines) is 1. The number of carbonyl (C=O) groups excluding carboxylic acids is 3. The van der Waals surface area contributed by atoms with Crippen molar-refractivity contribution in [1.29, 1.82) is 0 Å². The molecule has 1 spiro atoms. The van der Waals surface area contributed by atoms with Gasteiger partial charge in [-0.3, -0.25) is 14.4 Å². The van der Waals surface area contributed by atoms with Crippen molar-refractivity contribution >= 4 is 39.4 Å². The fourth-order valence-electron chi connectivity index (χ4n) is 6.53. The minimum Gasteiger partial charge on any atom is -0.466 e. The van der Waals surface area contributed by atoms with Crippen LogP contribution < -0.4 is 4.90 Å². The van der Waals surface area contributed by atoms with Gasteiger partial charge in [-0.05, 0) is 57.6 Å². The third-order valence-electron chi connectivity index (χ3n) is 7.93. The molecule has 2 bridgehead atoms. The standard InChI is InChI=1S/C28H37BrN2O6/c1-5-13-30(22-17(3)11-10-12-18(22)4)26(34)24-28-16-19(29)23(37-28)20(27(35)36-6-2)21(28)25(33)31(24)14-8-7-9-15-32/h5,10-12,19-21,23-24,32H,1,6-9,13-16H2,2-4H3/t19?,20-,21+,23-,24?,28?/m1/s1. The number of fused-ring (bicyclic) bond motifs is 1. The topological polar surface area (TPSA) is 96.4 Å². The number of aryl methyl sites for hydroxylation is 2. The first-order valence-electron chi connectivity index (χ1n) is 13.1. The van der Waals surface area contributed by atoms with Crippen molar-refractivity contribution in [3.63, 3.8) is 0 Å². The molecule has 0 saturated carbocycles. The predicted octanol–water partition coefficient (Wildman–Crippen LogP) is 3.30. The van der Waals surface area contributed by atoms with Crippen molar-refractivity contribution < 1.29 is 29.0 Å². The summed E-state index contributed by atoms with van der Waals surface area (Å²) in [5, 5.41) is 9.22. The average Bonchev–Trinajstić information content (AvgIpc) is 3.44. The summed E-state index contributed by atoms with van der Waals surface area (Å²) >= 11 is 3.68. The van der Waals surface area contributed by atoms with Gasteiger partial charge in [0.2, 0.25) is 5.91 Å². The number of aliphatic hydroxyl groups is 1. The van der Waals surface area contributed by atoms with E-state index in [2.05, 4.69) is 22.5 Å². The first-order chi connectivity index (χ1) is 17.7. The molecule has 3 heterocycles. The molecule has 3 aliphatic rings. The molecule has 1 N–H and O–H groups in total. The van der Waals surface area contributed by atoms with Gasteiger partial charge < -0.3 is 24.4 Å². The number of benzene rings is 1. The van der Waals surface area contributed by atoms with Crippen LogP contribution in [-0.4, -0.2) is 76.7 Å². The lowest BCUT2D eigenvalue weighted by atomic mass is 9.70. The Bertz CT molecular complexity index is 1040. The number of aliphatic hydroxyl groups excluding tert-OH is 1. The Morgan fingerprint density at radius 3 is 2.62 bits per heavy atom. The molecule has 1 aromatic rings. The Balaban J connectivity index is 1.79. The van der Waals surface area contributed by atoms with Gasteiger partial charge in [0.1, 0.15) is 11.6 Å². The van der Waals surface area contributed by atoms with Gasteiger partial charge in [-0.15, -0.1) is 6.58 Å². The van der Waals surface area contributed by atoms with Gasteiger partial charge in [-0.1, -0.05) is 40.2 Å². The van der Waals surface area contributed by atoms with Gasteiger partial charge in [0.25, 0.3) is 5.91 Å². The number of nitrogens with zero attached hydrogens (tertiary/aromatic N) is 2. The van der Waals surface area contributed by atoms with Crippen LogP contribution in [0.15, 0.2) is 30.9 Å². The Kier molecular flexibility index (Phi) is 8.45. The highest BCUT2D eigenvalue weighted by atomic mass is 79.9. The molecule has 37 heavy (non-hydrogen) atoms. The van der Waals surface area contributed by atoms with Gasteiger partial charge in [0.15, 0.2) is 0 Å². The van der Waals surface area contributed by atoms with E-state index in [0.29, 0.717) is 25.8 Å². The number of para-hydroxylation sites is 1. The maximum absolute atomic E-state index is 14.6. The highest BCUT2D eigenvalue weighted by Crippen LogP contribution is 2.60. The minimum atomic E-state index is -1.13. The van der Waals surface area contributed by atoms with Gasteiger partial charge in [-0.2, -0.15) is 0 Å². The van der Waals surface area contributed by atoms with Gasteiger partial charge >= 0.3 is 5.97 Å². The van der Waals surface area contributed by atoms with E-state index in [1.54, 1.807) is 22.8 Å². The number of hydrogen-bond donors (Lipinski definition) is 1. The van der Waals surface area contributed by atoms with Crippen LogP contribution in [0.2, 0.25) is 0 Å². The second-order valence-electron chi connectivity index (χ2n) is 10.2. The predicted molar refractivity (Wildman–Crippen MR) is 143 cm³/mol. The van der Waals surface area contributed by atoms with E-state index in [9.17, 15) is 19.5 Å². The molecule has 3 unspecified atom stereocenters. The fraction of sp³-hybridized carbons (Fsp3) is 0.607. The summed E-state index contributed by atoms with van der Waals surface area (Å²) in [4.78, 5) is 44.8. The van der Waals surface area contributed by atoms with Crippen molar-refractivity contribution in [2.24, 2.45) is 11.8 Å². The van der Waals surface area contributed by atoms with Crippen molar-refractivity contribution in [1.82, 2.24) is 4.90 Å². The van der Waals surface area contributed by atoms with E-state index in [4.69, 9.17) is 9.47 Å². The van der Waals surface area contributed by atoms with E-state index in [1.165, 1.54) is 0 Å². The Morgan fingerprint density at radius 1 is 1.30 bits per heavy atom. The molecule has 1 aromatic carbocycles. The second kappa shape index (κ2) is 11.3. The van der Waals surface area contributed by atoms with Crippen LogP contribution in [0.1, 0.15) is 43.7 Å². The normalized spacial score (nSPS) is 29.9. The minimum absolute atomic E-state index is 0.0729.